The van der Waals surface area contributed by atoms with E-state index in [1.54, 1.807) is 52.9 Å². The maximum Gasteiger partial charge on any atom is 0.308 e. The van der Waals surface area contributed by atoms with Crippen LogP contribution in [0.5, 0.6) is 11.5 Å². The lowest BCUT2D eigenvalue weighted by atomic mass is 10.1. The van der Waals surface area contributed by atoms with Gasteiger partial charge in [0, 0.05) is 74.4 Å². The van der Waals surface area contributed by atoms with Gasteiger partial charge in [-0.2, -0.15) is 10.2 Å². The molecular weight excluding hydrogens is 941 g/mol. The van der Waals surface area contributed by atoms with Crippen molar-refractivity contribution in [2.24, 2.45) is 11.5 Å². The quantitative estimate of drug-likeness (QED) is 0.0323. The molecule has 0 fully saturated rings. The van der Waals surface area contributed by atoms with Crippen LogP contribution in [0.2, 0.25) is 0 Å². The van der Waals surface area contributed by atoms with Gasteiger partial charge >= 0.3 is 5.97 Å². The fourth-order valence-electron chi connectivity index (χ4n) is 8.20. The SMILES string of the molecule is CCn1nc(C)cc1C(=O)Nc1nc2cc(C(N)=O)cc(OCCCOC)c2n1C/C=C/Cn1c2nc(-c3cc(C)nn3CC)ncc2c2cc(C(N)=O)cc(OCCOCCOCCC(=O)OC(C)(C)C)c21. The molecule has 388 valence electrons. The van der Waals surface area contributed by atoms with Crippen LogP contribution < -0.4 is 26.3 Å². The lowest BCUT2D eigenvalue weighted by Gasteiger charge is -2.19. The Morgan fingerprint density at radius 3 is 2.03 bits per heavy atom. The molecule has 0 atom stereocenters. The summed E-state index contributed by atoms with van der Waals surface area (Å²) in [6, 6.07) is 10.1. The van der Waals surface area contributed by atoms with Crippen LogP contribution in [0.25, 0.3) is 44.5 Å². The van der Waals surface area contributed by atoms with Crippen molar-refractivity contribution < 1.29 is 47.6 Å². The summed E-state index contributed by atoms with van der Waals surface area (Å²) < 4.78 is 41.8. The van der Waals surface area contributed by atoms with Crippen LogP contribution in [0.15, 0.2) is 54.7 Å². The molecule has 0 saturated heterocycles. The largest absolute Gasteiger partial charge is 0.491 e. The van der Waals surface area contributed by atoms with Crippen LogP contribution in [0.3, 0.4) is 0 Å². The number of hydrogen-bond donors (Lipinski definition) is 3. The number of imidazole rings is 1. The highest BCUT2D eigenvalue weighted by Crippen LogP contribution is 2.37. The summed E-state index contributed by atoms with van der Waals surface area (Å²) in [5.41, 5.74) is 16.1. The van der Waals surface area contributed by atoms with E-state index in [0.717, 1.165) is 11.4 Å². The molecule has 0 saturated carbocycles. The number of nitrogens with one attached hydrogen (secondary N) is 1. The number of ether oxygens (including phenoxy) is 6. The summed E-state index contributed by atoms with van der Waals surface area (Å²) in [4.78, 5) is 66.0. The number of carbonyl (C=O) groups excluding carboxylic acids is 4. The van der Waals surface area contributed by atoms with E-state index in [4.69, 9.17) is 54.8 Å². The zero-order valence-corrected chi connectivity index (χ0v) is 42.7. The minimum absolute atomic E-state index is 0.104. The van der Waals surface area contributed by atoms with Gasteiger partial charge < -0.3 is 49.0 Å². The van der Waals surface area contributed by atoms with Gasteiger partial charge in [0.25, 0.3) is 5.91 Å². The Bertz CT molecular complexity index is 3160. The van der Waals surface area contributed by atoms with Gasteiger partial charge in [0.05, 0.1) is 61.9 Å². The molecule has 0 spiro atoms. The lowest BCUT2D eigenvalue weighted by molar-refractivity contribution is -0.156. The number of nitrogens with two attached hydrogens (primary N) is 2. The molecule has 7 aromatic rings. The van der Waals surface area contributed by atoms with Gasteiger partial charge in [-0.25, -0.2) is 15.0 Å². The monoisotopic (exact) mass is 1000 g/mol. The molecule has 5 aromatic heterocycles. The van der Waals surface area contributed by atoms with Gasteiger partial charge in [0.2, 0.25) is 17.8 Å². The number of hydrogen-bond acceptors (Lipinski definition) is 15. The molecule has 5 N–H and O–H groups in total. The molecule has 0 aliphatic rings. The minimum Gasteiger partial charge on any atom is -0.491 e. The molecule has 2 aromatic carbocycles. The Hall–Kier alpha value is -7.69. The Morgan fingerprint density at radius 1 is 0.712 bits per heavy atom. The molecule has 3 amide bonds. The first-order chi connectivity index (χ1) is 35.0. The van der Waals surface area contributed by atoms with Gasteiger partial charge in [0.15, 0.2) is 5.82 Å². The Balaban J connectivity index is 1.23. The third kappa shape index (κ3) is 12.9. The fraction of sp³-hybridized carbons (Fsp3) is 0.431. The summed E-state index contributed by atoms with van der Waals surface area (Å²) in [5, 5.41) is 13.3. The maximum absolute atomic E-state index is 13.9. The molecule has 0 aliphatic heterocycles. The van der Waals surface area contributed by atoms with Crippen LogP contribution in [0, 0.1) is 13.8 Å². The molecule has 73 heavy (non-hydrogen) atoms. The number of methoxy groups -OCH3 is 1. The number of allylic oxidation sites excluding steroid dienone is 2. The Labute approximate surface area is 421 Å². The van der Waals surface area contributed by atoms with Crippen LogP contribution in [-0.2, 0) is 49.9 Å². The van der Waals surface area contributed by atoms with Gasteiger partial charge in [-0.05, 0) is 84.9 Å². The fourth-order valence-corrected chi connectivity index (χ4v) is 8.20. The molecule has 22 heteroatoms. The lowest BCUT2D eigenvalue weighted by Crippen LogP contribution is -2.24. The number of rotatable bonds is 26. The first-order valence-corrected chi connectivity index (χ1v) is 24.1. The number of aromatic nitrogens is 9. The van der Waals surface area contributed by atoms with Crippen molar-refractivity contribution in [3.8, 4) is 23.0 Å². The van der Waals surface area contributed by atoms with E-state index in [1.807, 2.05) is 75.9 Å². The van der Waals surface area contributed by atoms with E-state index in [9.17, 15) is 19.2 Å². The number of amides is 3. The van der Waals surface area contributed by atoms with Gasteiger partial charge in [-0.3, -0.25) is 33.9 Å². The van der Waals surface area contributed by atoms with Crippen molar-refractivity contribution >= 4 is 62.6 Å². The van der Waals surface area contributed by atoms with E-state index in [2.05, 4.69) is 15.5 Å². The average molecular weight is 1010 g/mol. The second-order valence-corrected chi connectivity index (χ2v) is 18.0. The van der Waals surface area contributed by atoms with E-state index in [-0.39, 0.29) is 82.2 Å². The standard InChI is InChI=1S/C51H64N12O10/c1-9-62-38(24-31(3)58-62)47-54-30-36-35-26-33(45(52)65)28-40(72-23-22-70-21-20-69-19-14-42(64)73-51(5,6)7)43(35)60(48(36)56-47)15-11-12-16-61-44-37(27-34(46(53)66)29-41(44)71-18-13-17-68-8)55-50(61)57-49(67)39-25-32(4)59-63(39)10-2/h11-12,24-30H,9-10,13-23H2,1-8H3,(H2,52,65)(H2,53,66)(H,55,57,67)/b12-11+. The topological polar surface area (TPSA) is 272 Å². The van der Waals surface area contributed by atoms with E-state index >= 15 is 0 Å². The van der Waals surface area contributed by atoms with Gasteiger partial charge in [-0.1, -0.05) is 12.2 Å². The van der Waals surface area contributed by atoms with Crippen LogP contribution >= 0.6 is 0 Å². The number of esters is 1. The second kappa shape index (κ2) is 23.7. The van der Waals surface area contributed by atoms with Crippen molar-refractivity contribution in [2.75, 3.05) is 58.7 Å². The van der Waals surface area contributed by atoms with E-state index in [1.165, 1.54) is 0 Å². The number of nitrogens with zero attached hydrogens (tertiary/aromatic N) is 9. The molecule has 0 radical (unpaired) electrons. The average Bonchev–Trinajstić information content (AvgIpc) is 4.11. The van der Waals surface area contributed by atoms with Crippen molar-refractivity contribution in [3.05, 3.63) is 83.0 Å². The second-order valence-electron chi connectivity index (χ2n) is 18.0. The number of primary amides is 2. The van der Waals surface area contributed by atoms with Crippen LogP contribution in [-0.4, -0.2) is 126 Å². The number of carbonyl (C=O) groups is 4. The first-order valence-electron chi connectivity index (χ1n) is 24.1. The molecule has 22 nitrogen and oxygen atoms in total. The third-order valence-electron chi connectivity index (χ3n) is 11.3. The summed E-state index contributed by atoms with van der Waals surface area (Å²) in [6.45, 7) is 16.2. The minimum atomic E-state index is -0.671. The van der Waals surface area contributed by atoms with Crippen LogP contribution in [0.4, 0.5) is 5.95 Å². The van der Waals surface area contributed by atoms with Crippen molar-refractivity contribution in [1.29, 1.82) is 0 Å². The predicted molar refractivity (Wildman–Crippen MR) is 273 cm³/mol. The van der Waals surface area contributed by atoms with Crippen LogP contribution in [0.1, 0.15) is 90.1 Å². The first kappa shape index (κ1) is 53.1. The molecule has 5 heterocycles. The highest BCUT2D eigenvalue weighted by atomic mass is 16.6. The Kier molecular flexibility index (Phi) is 17.2. The van der Waals surface area contributed by atoms with Gasteiger partial charge in [0.1, 0.15) is 46.3 Å². The zero-order valence-electron chi connectivity index (χ0n) is 42.7. The Morgan fingerprint density at radius 2 is 1.34 bits per heavy atom. The maximum atomic E-state index is 13.9. The van der Waals surface area contributed by atoms with Crippen molar-refractivity contribution in [1.82, 2.24) is 43.6 Å². The summed E-state index contributed by atoms with van der Waals surface area (Å²) >= 11 is 0. The summed E-state index contributed by atoms with van der Waals surface area (Å²) in [5.74, 6) is -0.758. The van der Waals surface area contributed by atoms with Crippen molar-refractivity contribution in [2.45, 2.75) is 93.1 Å². The zero-order chi connectivity index (χ0) is 52.4. The number of aryl methyl sites for hydroxylation is 4. The molecule has 0 unspecified atom stereocenters. The highest BCUT2D eigenvalue weighted by molar-refractivity contribution is 6.12. The van der Waals surface area contributed by atoms with E-state index < -0.39 is 23.3 Å². The normalized spacial score (nSPS) is 11.9. The highest BCUT2D eigenvalue weighted by Gasteiger charge is 2.24. The summed E-state index contributed by atoms with van der Waals surface area (Å²) in [7, 11) is 1.60. The number of fused-ring (bicyclic) bond motifs is 4. The number of anilines is 1. The molecule has 7 rings (SSSR count). The third-order valence-corrected chi connectivity index (χ3v) is 11.3. The smallest absolute Gasteiger partial charge is 0.308 e. The van der Waals surface area contributed by atoms with E-state index in [0.29, 0.717) is 87.8 Å². The molecular formula is C51H64N12O10. The summed E-state index contributed by atoms with van der Waals surface area (Å²) in [6.07, 6.45) is 6.25. The van der Waals surface area contributed by atoms with Crippen molar-refractivity contribution in [3.63, 3.8) is 0 Å². The van der Waals surface area contributed by atoms with Gasteiger partial charge in [-0.15, -0.1) is 0 Å². The predicted octanol–water partition coefficient (Wildman–Crippen LogP) is 5.92. The number of benzene rings is 2. The molecule has 0 bridgehead atoms. The molecule has 0 aliphatic carbocycles.